The number of hydrogen-bond acceptors (Lipinski definition) is 2. The fourth-order valence-electron chi connectivity index (χ4n) is 3.30. The summed E-state index contributed by atoms with van der Waals surface area (Å²) in [6, 6.07) is 17.2. The molecule has 0 aliphatic carbocycles. The maximum absolute atomic E-state index is 5.85. The molecule has 0 fully saturated rings. The fourth-order valence-corrected chi connectivity index (χ4v) is 3.30. The Labute approximate surface area is 153 Å². The predicted molar refractivity (Wildman–Crippen MR) is 107 cm³/mol. The van der Waals surface area contributed by atoms with E-state index in [9.17, 15) is 0 Å². The van der Waals surface area contributed by atoms with Crippen LogP contribution in [0.5, 0.6) is 5.75 Å². The van der Waals surface area contributed by atoms with Crippen molar-refractivity contribution in [3.8, 4) is 5.75 Å². The van der Waals surface area contributed by atoms with Gasteiger partial charge in [0.2, 0.25) is 0 Å². The van der Waals surface area contributed by atoms with Crippen molar-refractivity contribution in [3.63, 3.8) is 0 Å². The Hall–Kier alpha value is -1.80. The fraction of sp³-hybridized carbons (Fsp3) is 0.478. The standard InChI is InChI=1S/C23H33NO/c1-6-25-21-10-8-7-9-20(21)23(4,5)16-15-22(2,3)19-13-11-18(17-24)12-14-19/h7-14H,6,15-17,24H2,1-5H3. The second-order valence-corrected chi connectivity index (χ2v) is 8.10. The van der Waals surface area contributed by atoms with Crippen LogP contribution in [-0.2, 0) is 17.4 Å². The van der Waals surface area contributed by atoms with Crippen molar-refractivity contribution in [3.05, 3.63) is 65.2 Å². The van der Waals surface area contributed by atoms with Gasteiger partial charge in [-0.3, -0.25) is 0 Å². The van der Waals surface area contributed by atoms with Gasteiger partial charge in [0.1, 0.15) is 5.75 Å². The summed E-state index contributed by atoms with van der Waals surface area (Å²) in [5, 5.41) is 0. The summed E-state index contributed by atoms with van der Waals surface area (Å²) in [5.74, 6) is 1.01. The van der Waals surface area contributed by atoms with Crippen molar-refractivity contribution in [1.29, 1.82) is 0 Å². The molecule has 0 bridgehead atoms. The quantitative estimate of drug-likeness (QED) is 0.681. The van der Waals surface area contributed by atoms with E-state index >= 15 is 0 Å². The van der Waals surface area contributed by atoms with Crippen LogP contribution in [0.25, 0.3) is 0 Å². The van der Waals surface area contributed by atoms with E-state index in [1.165, 1.54) is 16.7 Å². The largest absolute Gasteiger partial charge is 0.494 e. The van der Waals surface area contributed by atoms with E-state index in [2.05, 4.69) is 70.2 Å². The number of para-hydroxylation sites is 1. The molecule has 0 saturated heterocycles. The van der Waals surface area contributed by atoms with Crippen LogP contribution in [-0.4, -0.2) is 6.61 Å². The second kappa shape index (κ2) is 8.05. The molecule has 0 radical (unpaired) electrons. The molecule has 0 aromatic heterocycles. The van der Waals surface area contributed by atoms with Gasteiger partial charge in [-0.15, -0.1) is 0 Å². The van der Waals surface area contributed by atoms with Crippen LogP contribution in [0, 0.1) is 0 Å². The lowest BCUT2D eigenvalue weighted by Gasteiger charge is -2.33. The van der Waals surface area contributed by atoms with Crippen LogP contribution >= 0.6 is 0 Å². The Morgan fingerprint density at radius 3 is 2.04 bits per heavy atom. The van der Waals surface area contributed by atoms with Gasteiger partial charge in [0.15, 0.2) is 0 Å². The minimum atomic E-state index is 0.0697. The molecule has 0 atom stereocenters. The first-order chi connectivity index (χ1) is 11.8. The molecular weight excluding hydrogens is 306 g/mol. The molecule has 2 heteroatoms. The zero-order valence-electron chi connectivity index (χ0n) is 16.4. The molecule has 2 N–H and O–H groups in total. The van der Waals surface area contributed by atoms with Gasteiger partial charge in [-0.1, -0.05) is 70.2 Å². The first-order valence-electron chi connectivity index (χ1n) is 9.32. The number of hydrogen-bond donors (Lipinski definition) is 1. The van der Waals surface area contributed by atoms with E-state index in [1.807, 2.05) is 13.0 Å². The molecule has 0 saturated carbocycles. The van der Waals surface area contributed by atoms with Crippen molar-refractivity contribution >= 4 is 0 Å². The lowest BCUT2D eigenvalue weighted by atomic mass is 9.72. The van der Waals surface area contributed by atoms with Gasteiger partial charge in [-0.25, -0.2) is 0 Å². The highest BCUT2D eigenvalue weighted by atomic mass is 16.5. The summed E-state index contributed by atoms with van der Waals surface area (Å²) in [4.78, 5) is 0. The Morgan fingerprint density at radius 2 is 1.44 bits per heavy atom. The first-order valence-corrected chi connectivity index (χ1v) is 9.32. The Balaban J connectivity index is 2.14. The summed E-state index contributed by atoms with van der Waals surface area (Å²) in [6.07, 6.45) is 2.21. The van der Waals surface area contributed by atoms with Crippen molar-refractivity contribution in [2.75, 3.05) is 6.61 Å². The molecule has 2 aromatic rings. The van der Waals surface area contributed by atoms with Gasteiger partial charge >= 0.3 is 0 Å². The van der Waals surface area contributed by atoms with E-state index < -0.39 is 0 Å². The maximum atomic E-state index is 5.85. The van der Waals surface area contributed by atoms with E-state index in [0.717, 1.165) is 18.6 Å². The third-order valence-corrected chi connectivity index (χ3v) is 5.26. The Kier molecular flexibility index (Phi) is 6.29. The van der Waals surface area contributed by atoms with E-state index in [-0.39, 0.29) is 10.8 Å². The van der Waals surface area contributed by atoms with Crippen LogP contribution in [0.1, 0.15) is 64.2 Å². The van der Waals surface area contributed by atoms with Gasteiger partial charge in [0, 0.05) is 6.54 Å². The molecule has 2 aromatic carbocycles. The molecule has 0 spiro atoms. The molecule has 0 aliphatic rings. The minimum absolute atomic E-state index is 0.0697. The third-order valence-electron chi connectivity index (χ3n) is 5.26. The van der Waals surface area contributed by atoms with Crippen molar-refractivity contribution in [2.24, 2.45) is 5.73 Å². The highest BCUT2D eigenvalue weighted by molar-refractivity contribution is 5.39. The Morgan fingerprint density at radius 1 is 0.840 bits per heavy atom. The Bertz CT molecular complexity index is 671. The van der Waals surface area contributed by atoms with E-state index in [0.29, 0.717) is 13.2 Å². The molecule has 0 unspecified atom stereocenters. The first kappa shape index (κ1) is 19.5. The van der Waals surface area contributed by atoms with Gasteiger partial charge < -0.3 is 10.5 Å². The van der Waals surface area contributed by atoms with Gasteiger partial charge in [-0.05, 0) is 53.4 Å². The second-order valence-electron chi connectivity index (χ2n) is 8.10. The zero-order chi connectivity index (χ0) is 18.5. The smallest absolute Gasteiger partial charge is 0.123 e. The predicted octanol–water partition coefficient (Wildman–Crippen LogP) is 5.58. The molecule has 0 aliphatic heterocycles. The molecule has 2 rings (SSSR count). The van der Waals surface area contributed by atoms with E-state index in [4.69, 9.17) is 10.5 Å². The summed E-state index contributed by atoms with van der Waals surface area (Å²) >= 11 is 0. The summed E-state index contributed by atoms with van der Waals surface area (Å²) in [7, 11) is 0. The van der Waals surface area contributed by atoms with Crippen LogP contribution < -0.4 is 10.5 Å². The molecule has 0 amide bonds. The summed E-state index contributed by atoms with van der Waals surface area (Å²) in [6.45, 7) is 12.6. The SMILES string of the molecule is CCOc1ccccc1C(C)(C)CCC(C)(C)c1ccc(CN)cc1. The van der Waals surface area contributed by atoms with Crippen molar-refractivity contribution in [1.82, 2.24) is 0 Å². The van der Waals surface area contributed by atoms with E-state index in [1.54, 1.807) is 0 Å². The number of nitrogens with two attached hydrogens (primary N) is 1. The number of benzene rings is 2. The number of rotatable bonds is 8. The zero-order valence-corrected chi connectivity index (χ0v) is 16.4. The summed E-state index contributed by atoms with van der Waals surface area (Å²) < 4.78 is 5.85. The van der Waals surface area contributed by atoms with Crippen molar-refractivity contribution in [2.45, 2.75) is 64.8 Å². The topological polar surface area (TPSA) is 35.2 Å². The van der Waals surface area contributed by atoms with Crippen LogP contribution in [0.2, 0.25) is 0 Å². The number of ether oxygens (including phenoxy) is 1. The highest BCUT2D eigenvalue weighted by Gasteiger charge is 2.29. The molecule has 0 heterocycles. The highest BCUT2D eigenvalue weighted by Crippen LogP contribution is 2.39. The lowest BCUT2D eigenvalue weighted by Crippen LogP contribution is -2.25. The third kappa shape index (κ3) is 4.85. The summed E-state index contributed by atoms with van der Waals surface area (Å²) in [5.41, 5.74) is 9.77. The molecule has 25 heavy (non-hydrogen) atoms. The average Bonchev–Trinajstić information content (AvgIpc) is 2.61. The maximum Gasteiger partial charge on any atom is 0.123 e. The van der Waals surface area contributed by atoms with Crippen LogP contribution in [0.3, 0.4) is 0 Å². The average molecular weight is 340 g/mol. The van der Waals surface area contributed by atoms with Gasteiger partial charge in [0.05, 0.1) is 6.61 Å². The van der Waals surface area contributed by atoms with Crippen LogP contribution in [0.15, 0.2) is 48.5 Å². The monoisotopic (exact) mass is 339 g/mol. The van der Waals surface area contributed by atoms with Gasteiger partial charge in [-0.2, -0.15) is 0 Å². The van der Waals surface area contributed by atoms with Gasteiger partial charge in [0.25, 0.3) is 0 Å². The van der Waals surface area contributed by atoms with Crippen LogP contribution in [0.4, 0.5) is 0 Å². The minimum Gasteiger partial charge on any atom is -0.494 e. The molecule has 2 nitrogen and oxygen atoms in total. The lowest BCUT2D eigenvalue weighted by molar-refractivity contribution is 0.316. The molecule has 136 valence electrons. The van der Waals surface area contributed by atoms with Crippen molar-refractivity contribution < 1.29 is 4.74 Å². The normalized spacial score (nSPS) is 12.2. The molecular formula is C23H33NO.